The molecule has 0 saturated heterocycles. The van der Waals surface area contributed by atoms with Crippen LogP contribution in [0.1, 0.15) is 12.5 Å². The largest absolute Gasteiger partial charge is 0.392 e. The van der Waals surface area contributed by atoms with Gasteiger partial charge in [-0.1, -0.05) is 23.8 Å². The summed E-state index contributed by atoms with van der Waals surface area (Å²) in [6.07, 6.45) is -0.581. The van der Waals surface area contributed by atoms with Gasteiger partial charge in [-0.3, -0.25) is 14.5 Å². The Morgan fingerprint density at radius 1 is 1.57 bits per heavy atom. The molecule has 1 amide bonds. The highest BCUT2D eigenvalue weighted by molar-refractivity contribution is 7.71. The number of carbonyl (C=O) groups is 1. The number of aryl methyl sites for hydroxylation is 1. The first-order valence-corrected chi connectivity index (χ1v) is 7.05. The molecule has 0 aliphatic heterocycles. The second-order valence-corrected chi connectivity index (χ2v) is 5.35. The van der Waals surface area contributed by atoms with Crippen LogP contribution in [0.5, 0.6) is 0 Å². The van der Waals surface area contributed by atoms with Gasteiger partial charge in [0.2, 0.25) is 5.91 Å². The molecule has 1 aromatic heterocycles. The lowest BCUT2D eigenvalue weighted by Crippen LogP contribution is -2.33. The van der Waals surface area contributed by atoms with Crippen LogP contribution in [0.15, 0.2) is 24.3 Å². The first-order chi connectivity index (χ1) is 9.97. The molecule has 2 rings (SSSR count). The maximum Gasteiger partial charge on any atom is 0.240 e. The van der Waals surface area contributed by atoms with Crippen molar-refractivity contribution in [2.24, 2.45) is 0 Å². The minimum atomic E-state index is -0.581. The van der Waals surface area contributed by atoms with Crippen molar-refractivity contribution in [3.63, 3.8) is 0 Å². The number of benzene rings is 1. The van der Waals surface area contributed by atoms with E-state index < -0.39 is 6.10 Å². The molecule has 1 atom stereocenters. The van der Waals surface area contributed by atoms with Crippen molar-refractivity contribution in [3.8, 4) is 11.4 Å². The normalized spacial score (nSPS) is 12.1. The third-order valence-corrected chi connectivity index (χ3v) is 3.24. The molecule has 7 heteroatoms. The van der Waals surface area contributed by atoms with E-state index in [1.54, 1.807) is 11.5 Å². The molecule has 0 bridgehead atoms. The monoisotopic (exact) mass is 306 g/mol. The van der Waals surface area contributed by atoms with Gasteiger partial charge in [-0.25, -0.2) is 0 Å². The number of nitrogens with zero attached hydrogens (tertiary/aromatic N) is 2. The Labute approximate surface area is 127 Å². The number of hydrogen-bond donors (Lipinski definition) is 3. The molecule has 2 aromatic rings. The molecule has 0 aliphatic rings. The third kappa shape index (κ3) is 3.99. The molecule has 1 aromatic carbocycles. The zero-order valence-electron chi connectivity index (χ0n) is 12.0. The number of carbonyl (C=O) groups excluding carboxylic acids is 1. The molecule has 112 valence electrons. The second-order valence-electron chi connectivity index (χ2n) is 4.96. The fourth-order valence-electron chi connectivity index (χ4n) is 1.93. The van der Waals surface area contributed by atoms with Crippen molar-refractivity contribution >= 4 is 18.1 Å². The Kier molecular flexibility index (Phi) is 4.87. The molecule has 6 nitrogen and oxygen atoms in total. The lowest BCUT2D eigenvalue weighted by molar-refractivity contribution is -0.122. The molecule has 3 N–H and O–H groups in total. The summed E-state index contributed by atoms with van der Waals surface area (Å²) in [5.74, 6) is 0.401. The fourth-order valence-corrected chi connectivity index (χ4v) is 2.13. The molecule has 0 aliphatic carbocycles. The summed E-state index contributed by atoms with van der Waals surface area (Å²) in [4.78, 5) is 11.9. The topological polar surface area (TPSA) is 82.9 Å². The van der Waals surface area contributed by atoms with Crippen molar-refractivity contribution in [1.29, 1.82) is 0 Å². The van der Waals surface area contributed by atoms with E-state index in [4.69, 9.17) is 12.2 Å². The number of aliphatic hydroxyl groups excluding tert-OH is 1. The number of aromatic nitrogens is 3. The Morgan fingerprint density at radius 3 is 3.00 bits per heavy atom. The van der Waals surface area contributed by atoms with E-state index >= 15 is 0 Å². The predicted octanol–water partition coefficient (Wildman–Crippen LogP) is 1.41. The molecular formula is C14H18N4O2S. The van der Waals surface area contributed by atoms with Crippen LogP contribution >= 0.6 is 12.2 Å². The molecule has 1 heterocycles. The van der Waals surface area contributed by atoms with Gasteiger partial charge >= 0.3 is 0 Å². The zero-order valence-corrected chi connectivity index (χ0v) is 12.8. The summed E-state index contributed by atoms with van der Waals surface area (Å²) in [6, 6.07) is 7.82. The quantitative estimate of drug-likeness (QED) is 0.730. The Morgan fingerprint density at radius 2 is 2.33 bits per heavy atom. The van der Waals surface area contributed by atoms with Crippen LogP contribution in [-0.4, -0.2) is 38.4 Å². The van der Waals surface area contributed by atoms with E-state index in [-0.39, 0.29) is 19.0 Å². The number of amides is 1. The van der Waals surface area contributed by atoms with Gasteiger partial charge in [0.15, 0.2) is 10.6 Å². The molecule has 0 saturated carbocycles. The second kappa shape index (κ2) is 6.64. The smallest absolute Gasteiger partial charge is 0.240 e. The fraction of sp³-hybridized carbons (Fsp3) is 0.357. The van der Waals surface area contributed by atoms with E-state index in [1.165, 1.54) is 0 Å². The van der Waals surface area contributed by atoms with Gasteiger partial charge < -0.3 is 10.4 Å². The van der Waals surface area contributed by atoms with Crippen LogP contribution in [0, 0.1) is 11.7 Å². The average molecular weight is 306 g/mol. The van der Waals surface area contributed by atoms with E-state index in [0.29, 0.717) is 10.6 Å². The standard InChI is InChI=1S/C14H18N4O2S/c1-9-4-3-5-11(6-9)13-16-17-14(21)18(13)8-12(20)15-7-10(2)19/h3-6,10,19H,7-8H2,1-2H3,(H,15,20)(H,17,21). The number of aliphatic hydroxyl groups is 1. The SMILES string of the molecule is Cc1cccc(-c2n[nH]c(=S)n2CC(=O)NCC(C)O)c1. The van der Waals surface area contributed by atoms with Crippen LogP contribution in [0.2, 0.25) is 0 Å². The maximum atomic E-state index is 11.9. The zero-order chi connectivity index (χ0) is 15.4. The maximum absolute atomic E-state index is 11.9. The van der Waals surface area contributed by atoms with Crippen LogP contribution in [0.25, 0.3) is 11.4 Å². The molecule has 0 spiro atoms. The lowest BCUT2D eigenvalue weighted by atomic mass is 10.1. The number of H-pyrrole nitrogens is 1. The van der Waals surface area contributed by atoms with Gasteiger partial charge in [-0.15, -0.1) is 0 Å². The summed E-state index contributed by atoms with van der Waals surface area (Å²) in [7, 11) is 0. The number of hydrogen-bond acceptors (Lipinski definition) is 4. The van der Waals surface area contributed by atoms with Crippen LogP contribution < -0.4 is 5.32 Å². The lowest BCUT2D eigenvalue weighted by Gasteiger charge is -2.09. The van der Waals surface area contributed by atoms with Crippen molar-refractivity contribution in [3.05, 3.63) is 34.6 Å². The first-order valence-electron chi connectivity index (χ1n) is 6.64. The van der Waals surface area contributed by atoms with Crippen molar-refractivity contribution in [2.45, 2.75) is 26.5 Å². The number of aromatic amines is 1. The summed E-state index contributed by atoms with van der Waals surface area (Å²) in [5.41, 5.74) is 2.00. The van der Waals surface area contributed by atoms with E-state index in [2.05, 4.69) is 15.5 Å². The molecule has 0 radical (unpaired) electrons. The van der Waals surface area contributed by atoms with Gasteiger partial charge in [0.1, 0.15) is 6.54 Å². The minimum Gasteiger partial charge on any atom is -0.392 e. The van der Waals surface area contributed by atoms with E-state index in [1.807, 2.05) is 31.2 Å². The van der Waals surface area contributed by atoms with Gasteiger partial charge in [0.25, 0.3) is 0 Å². The average Bonchev–Trinajstić information content (AvgIpc) is 2.78. The Balaban J connectivity index is 2.23. The van der Waals surface area contributed by atoms with Crippen LogP contribution in [0.4, 0.5) is 0 Å². The summed E-state index contributed by atoms with van der Waals surface area (Å²) in [5, 5.41) is 18.7. The van der Waals surface area contributed by atoms with Crippen LogP contribution in [0.3, 0.4) is 0 Å². The molecule has 1 unspecified atom stereocenters. The van der Waals surface area contributed by atoms with Crippen molar-refractivity contribution in [1.82, 2.24) is 20.1 Å². The van der Waals surface area contributed by atoms with Gasteiger partial charge in [-0.05, 0) is 32.1 Å². The Hall–Kier alpha value is -1.99. The van der Waals surface area contributed by atoms with Crippen molar-refractivity contribution in [2.75, 3.05) is 6.54 Å². The number of rotatable bonds is 5. The molecular weight excluding hydrogens is 288 g/mol. The first kappa shape index (κ1) is 15.4. The van der Waals surface area contributed by atoms with Gasteiger partial charge in [0, 0.05) is 12.1 Å². The third-order valence-electron chi connectivity index (χ3n) is 2.93. The molecule has 0 fully saturated rings. The van der Waals surface area contributed by atoms with Gasteiger partial charge in [0.05, 0.1) is 6.10 Å². The summed E-state index contributed by atoms with van der Waals surface area (Å²) >= 11 is 5.18. The van der Waals surface area contributed by atoms with Crippen molar-refractivity contribution < 1.29 is 9.90 Å². The molecule has 21 heavy (non-hydrogen) atoms. The van der Waals surface area contributed by atoms with E-state index in [9.17, 15) is 9.90 Å². The summed E-state index contributed by atoms with van der Waals surface area (Å²) in [6.45, 7) is 3.88. The minimum absolute atomic E-state index is 0.0608. The predicted molar refractivity (Wildman–Crippen MR) is 82.3 cm³/mol. The number of nitrogens with one attached hydrogen (secondary N) is 2. The van der Waals surface area contributed by atoms with E-state index in [0.717, 1.165) is 11.1 Å². The Bertz CT molecular complexity index is 690. The van der Waals surface area contributed by atoms with Gasteiger partial charge in [-0.2, -0.15) is 5.10 Å². The van der Waals surface area contributed by atoms with Crippen LogP contribution in [-0.2, 0) is 11.3 Å². The highest BCUT2D eigenvalue weighted by Crippen LogP contribution is 2.18. The summed E-state index contributed by atoms with van der Waals surface area (Å²) < 4.78 is 2.03. The highest BCUT2D eigenvalue weighted by atomic mass is 32.1. The highest BCUT2D eigenvalue weighted by Gasteiger charge is 2.12.